The Morgan fingerprint density at radius 2 is 1.52 bits per heavy atom. The number of rotatable bonds is 9. The summed E-state index contributed by atoms with van der Waals surface area (Å²) in [6.45, 7) is 5.47. The average molecular weight is 340 g/mol. The van der Waals surface area contributed by atoms with Crippen molar-refractivity contribution in [2.45, 2.75) is 38.5 Å². The van der Waals surface area contributed by atoms with E-state index in [1.807, 2.05) is 6.07 Å². The van der Waals surface area contributed by atoms with Crippen molar-refractivity contribution < 1.29 is 23.3 Å². The molecule has 0 N–H and O–H groups in total. The number of carbonyl (C=O) groups excluding carboxylic acids is 2. The molecule has 0 fully saturated rings. The van der Waals surface area contributed by atoms with E-state index in [1.165, 1.54) is 0 Å². The molecule has 1 aromatic carbocycles. The third-order valence-corrected chi connectivity index (χ3v) is 5.03. The van der Waals surface area contributed by atoms with Crippen LogP contribution in [-0.4, -0.2) is 35.1 Å². The molecule has 128 valence electrons. The van der Waals surface area contributed by atoms with Crippen LogP contribution in [0, 0.1) is 5.41 Å². The Labute approximate surface area is 139 Å². The van der Waals surface area contributed by atoms with Crippen LogP contribution in [0.4, 0.5) is 0 Å². The maximum atomic E-state index is 12.4. The summed E-state index contributed by atoms with van der Waals surface area (Å²) in [6.07, 6.45) is 0.374. The quantitative estimate of drug-likeness (QED) is 0.511. The first-order valence-electron chi connectivity index (χ1n) is 7.79. The molecule has 0 bridgehead atoms. The summed E-state index contributed by atoms with van der Waals surface area (Å²) in [4.78, 5) is 25.4. The molecular weight excluding hydrogens is 316 g/mol. The van der Waals surface area contributed by atoms with Gasteiger partial charge in [0.25, 0.3) is 0 Å². The largest absolute Gasteiger partial charge is 0.465 e. The maximum Gasteiger partial charge on any atom is 0.323 e. The predicted octanol–water partition coefficient (Wildman–Crippen LogP) is 2.71. The minimum atomic E-state index is -1.39. The highest BCUT2D eigenvalue weighted by molar-refractivity contribution is 7.85. The first-order valence-corrected chi connectivity index (χ1v) is 9.11. The SMILES string of the molecule is CCOC(=O)C(CC)(CCS(=O)c1ccccc1)C(=O)OCC. The number of ether oxygens (including phenoxy) is 2. The Morgan fingerprint density at radius 3 is 1.96 bits per heavy atom. The molecule has 0 aliphatic rings. The van der Waals surface area contributed by atoms with Crippen LogP contribution in [0.1, 0.15) is 33.6 Å². The van der Waals surface area contributed by atoms with E-state index in [9.17, 15) is 13.8 Å². The first kappa shape index (κ1) is 19.4. The van der Waals surface area contributed by atoms with E-state index in [0.29, 0.717) is 4.90 Å². The minimum absolute atomic E-state index is 0.128. The Hall–Kier alpha value is -1.69. The lowest BCUT2D eigenvalue weighted by atomic mass is 9.82. The highest BCUT2D eigenvalue weighted by Crippen LogP contribution is 2.31. The standard InChI is InChI=1S/C17H24O5S/c1-4-17(15(18)21-5-2,16(19)22-6-3)12-13-23(20)14-10-8-7-9-11-14/h7-11H,4-6,12-13H2,1-3H3. The first-order chi connectivity index (χ1) is 11.0. The molecule has 0 radical (unpaired) electrons. The van der Waals surface area contributed by atoms with E-state index in [2.05, 4.69) is 0 Å². The van der Waals surface area contributed by atoms with Gasteiger partial charge in [-0.1, -0.05) is 25.1 Å². The second-order valence-corrected chi connectivity index (χ2v) is 6.56. The monoisotopic (exact) mass is 340 g/mol. The van der Waals surface area contributed by atoms with Gasteiger partial charge in [-0.2, -0.15) is 0 Å². The van der Waals surface area contributed by atoms with Gasteiger partial charge in [0.05, 0.1) is 24.0 Å². The summed E-state index contributed by atoms with van der Waals surface area (Å²) in [5, 5.41) is 0. The highest BCUT2D eigenvalue weighted by atomic mass is 32.2. The molecule has 6 heteroatoms. The summed E-state index contributed by atoms with van der Waals surface area (Å²) in [6, 6.07) is 8.97. The van der Waals surface area contributed by atoms with Crippen molar-refractivity contribution in [3.05, 3.63) is 30.3 Å². The Balaban J connectivity index is 2.94. The van der Waals surface area contributed by atoms with Gasteiger partial charge in [-0.15, -0.1) is 0 Å². The number of esters is 2. The van der Waals surface area contributed by atoms with Gasteiger partial charge in [-0.25, -0.2) is 0 Å². The average Bonchev–Trinajstić information content (AvgIpc) is 2.57. The van der Waals surface area contributed by atoms with Crippen LogP contribution < -0.4 is 0 Å². The summed E-state index contributed by atoms with van der Waals surface area (Å²) >= 11 is 0. The van der Waals surface area contributed by atoms with E-state index in [4.69, 9.17) is 9.47 Å². The van der Waals surface area contributed by atoms with Crippen LogP contribution in [0.25, 0.3) is 0 Å². The molecule has 1 aromatic rings. The lowest BCUT2D eigenvalue weighted by molar-refractivity contribution is -0.172. The zero-order valence-corrected chi connectivity index (χ0v) is 14.7. The molecule has 5 nitrogen and oxygen atoms in total. The lowest BCUT2D eigenvalue weighted by Gasteiger charge is -2.27. The fraction of sp³-hybridized carbons (Fsp3) is 0.529. The van der Waals surface area contributed by atoms with Crippen molar-refractivity contribution in [3.8, 4) is 0 Å². The van der Waals surface area contributed by atoms with E-state index in [0.717, 1.165) is 0 Å². The number of hydrogen-bond donors (Lipinski definition) is 0. The van der Waals surface area contributed by atoms with Gasteiger partial charge in [0.2, 0.25) is 0 Å². The fourth-order valence-corrected chi connectivity index (χ4v) is 3.48. The van der Waals surface area contributed by atoms with E-state index < -0.39 is 28.2 Å². The van der Waals surface area contributed by atoms with Gasteiger partial charge in [-0.3, -0.25) is 13.8 Å². The Bertz CT molecular complexity index is 523. The van der Waals surface area contributed by atoms with E-state index >= 15 is 0 Å². The molecule has 0 aromatic heterocycles. The van der Waals surface area contributed by atoms with Crippen molar-refractivity contribution in [1.29, 1.82) is 0 Å². The van der Waals surface area contributed by atoms with Crippen molar-refractivity contribution in [1.82, 2.24) is 0 Å². The highest BCUT2D eigenvalue weighted by Gasteiger charge is 2.47. The molecule has 0 aliphatic heterocycles. The topological polar surface area (TPSA) is 69.7 Å². The summed E-state index contributed by atoms with van der Waals surface area (Å²) in [5.74, 6) is -1.02. The molecule has 0 aliphatic carbocycles. The third kappa shape index (κ3) is 4.89. The van der Waals surface area contributed by atoms with Crippen LogP contribution in [0.15, 0.2) is 35.2 Å². The second-order valence-electron chi connectivity index (χ2n) is 4.99. The Morgan fingerprint density at radius 1 is 1.00 bits per heavy atom. The van der Waals surface area contributed by atoms with Gasteiger partial charge in [0.1, 0.15) is 0 Å². The third-order valence-electron chi connectivity index (χ3n) is 3.66. The van der Waals surface area contributed by atoms with Crippen molar-refractivity contribution in [2.75, 3.05) is 19.0 Å². The number of carbonyl (C=O) groups is 2. The molecule has 0 saturated heterocycles. The molecule has 0 saturated carbocycles. The second kappa shape index (κ2) is 9.45. The summed E-state index contributed by atoms with van der Waals surface area (Å²) in [5.41, 5.74) is -1.39. The van der Waals surface area contributed by atoms with Crippen LogP contribution in [0.5, 0.6) is 0 Å². The molecule has 1 unspecified atom stereocenters. The van der Waals surface area contributed by atoms with Crippen LogP contribution in [-0.2, 0) is 29.9 Å². The molecule has 1 rings (SSSR count). The molecule has 1 atom stereocenters. The Kier molecular flexibility index (Phi) is 7.95. The summed E-state index contributed by atoms with van der Waals surface area (Å²) < 4.78 is 22.5. The van der Waals surface area contributed by atoms with Gasteiger partial charge >= 0.3 is 11.9 Å². The van der Waals surface area contributed by atoms with Gasteiger partial charge in [0.15, 0.2) is 5.41 Å². The predicted molar refractivity (Wildman–Crippen MR) is 88.3 cm³/mol. The van der Waals surface area contributed by atoms with Crippen molar-refractivity contribution >= 4 is 22.7 Å². The van der Waals surface area contributed by atoms with Gasteiger partial charge < -0.3 is 9.47 Å². The number of hydrogen-bond acceptors (Lipinski definition) is 5. The van der Waals surface area contributed by atoms with E-state index in [1.54, 1.807) is 45.0 Å². The van der Waals surface area contributed by atoms with Gasteiger partial charge in [-0.05, 0) is 38.8 Å². The lowest BCUT2D eigenvalue weighted by Crippen LogP contribution is -2.42. The molecule has 0 heterocycles. The van der Waals surface area contributed by atoms with E-state index in [-0.39, 0.29) is 31.8 Å². The number of benzene rings is 1. The van der Waals surface area contributed by atoms with Gasteiger partial charge in [0, 0.05) is 10.6 Å². The minimum Gasteiger partial charge on any atom is -0.465 e. The fourth-order valence-electron chi connectivity index (χ4n) is 2.25. The smallest absolute Gasteiger partial charge is 0.323 e. The van der Waals surface area contributed by atoms with Crippen LogP contribution in [0.3, 0.4) is 0 Å². The molecule has 0 spiro atoms. The van der Waals surface area contributed by atoms with Crippen LogP contribution >= 0.6 is 0 Å². The van der Waals surface area contributed by atoms with Crippen LogP contribution in [0.2, 0.25) is 0 Å². The summed E-state index contributed by atoms with van der Waals surface area (Å²) in [7, 11) is -1.29. The van der Waals surface area contributed by atoms with Crippen molar-refractivity contribution in [2.24, 2.45) is 5.41 Å². The van der Waals surface area contributed by atoms with Crippen molar-refractivity contribution in [3.63, 3.8) is 0 Å². The normalized spacial score (nSPS) is 12.5. The zero-order chi connectivity index (χ0) is 17.3. The molecule has 23 heavy (non-hydrogen) atoms. The molecule has 0 amide bonds. The maximum absolute atomic E-state index is 12.4. The molecular formula is C17H24O5S. The zero-order valence-electron chi connectivity index (χ0n) is 13.9.